The van der Waals surface area contributed by atoms with Gasteiger partial charge in [0.25, 0.3) is 5.91 Å². The van der Waals surface area contributed by atoms with Crippen molar-refractivity contribution in [2.75, 3.05) is 19.0 Å². The summed E-state index contributed by atoms with van der Waals surface area (Å²) in [6.45, 7) is 1.80. The highest BCUT2D eigenvalue weighted by atomic mass is 32.1. The largest absolute Gasteiger partial charge is 0.493 e. The summed E-state index contributed by atoms with van der Waals surface area (Å²) < 4.78 is 23.7. The van der Waals surface area contributed by atoms with Crippen LogP contribution in [-0.4, -0.2) is 24.6 Å². The van der Waals surface area contributed by atoms with E-state index in [2.05, 4.69) is 10.3 Å². The normalized spacial score (nSPS) is 10.5. The van der Waals surface area contributed by atoms with Gasteiger partial charge in [-0.25, -0.2) is 9.37 Å². The van der Waals surface area contributed by atoms with Crippen molar-refractivity contribution in [3.05, 3.63) is 70.5 Å². The molecule has 0 unspecified atom stereocenters. The minimum absolute atomic E-state index is 0.147. The summed E-state index contributed by atoms with van der Waals surface area (Å²) in [6.07, 6.45) is 2.33. The second-order valence-corrected chi connectivity index (χ2v) is 7.04. The zero-order chi connectivity index (χ0) is 19.2. The van der Waals surface area contributed by atoms with Gasteiger partial charge in [-0.1, -0.05) is 18.2 Å². The molecule has 7 heteroatoms. The minimum atomic E-state index is -0.305. The topological polar surface area (TPSA) is 60.5 Å². The number of thiazole rings is 1. The molecule has 0 aliphatic carbocycles. The highest BCUT2D eigenvalue weighted by Gasteiger charge is 2.10. The fourth-order valence-corrected chi connectivity index (χ4v) is 3.31. The van der Waals surface area contributed by atoms with Crippen LogP contribution in [0, 0.1) is 12.7 Å². The molecule has 1 aromatic heterocycles. The SMILES string of the molecule is COc1cc(C)ccc1OCC(=O)Nc1ncc(Cc2ccc(F)cc2)s1. The van der Waals surface area contributed by atoms with E-state index in [4.69, 9.17) is 9.47 Å². The number of ether oxygens (including phenoxy) is 2. The lowest BCUT2D eigenvalue weighted by Gasteiger charge is -2.10. The molecule has 0 saturated carbocycles. The molecular formula is C20H19FN2O3S. The van der Waals surface area contributed by atoms with E-state index in [9.17, 15) is 9.18 Å². The molecule has 0 fully saturated rings. The number of aryl methyl sites for hydroxylation is 1. The standard InChI is InChI=1S/C20H19FN2O3S/c1-13-3-8-17(18(9-13)25-2)26-12-19(24)23-20-22-11-16(27-20)10-14-4-6-15(21)7-5-14/h3-9,11H,10,12H2,1-2H3,(H,22,23,24). The van der Waals surface area contributed by atoms with Crippen LogP contribution in [0.4, 0.5) is 9.52 Å². The Morgan fingerprint density at radius 2 is 1.96 bits per heavy atom. The smallest absolute Gasteiger partial charge is 0.264 e. The lowest BCUT2D eigenvalue weighted by molar-refractivity contribution is -0.118. The monoisotopic (exact) mass is 386 g/mol. The number of carbonyl (C=O) groups is 1. The number of nitrogens with one attached hydrogen (secondary N) is 1. The average molecular weight is 386 g/mol. The van der Waals surface area contributed by atoms with Gasteiger partial charge < -0.3 is 9.47 Å². The number of hydrogen-bond donors (Lipinski definition) is 1. The Bertz CT molecular complexity index is 925. The van der Waals surface area contributed by atoms with Crippen molar-refractivity contribution < 1.29 is 18.7 Å². The Hall–Kier alpha value is -2.93. The summed E-state index contributed by atoms with van der Waals surface area (Å²) in [7, 11) is 1.56. The van der Waals surface area contributed by atoms with Gasteiger partial charge in [0.2, 0.25) is 0 Å². The van der Waals surface area contributed by atoms with Crippen molar-refractivity contribution in [1.82, 2.24) is 4.98 Å². The molecule has 2 aromatic carbocycles. The summed E-state index contributed by atoms with van der Waals surface area (Å²) in [5, 5.41) is 3.22. The van der Waals surface area contributed by atoms with Crippen LogP contribution in [-0.2, 0) is 11.2 Å². The summed E-state index contributed by atoms with van der Waals surface area (Å²) in [5.74, 6) is 0.523. The maximum absolute atomic E-state index is 13.0. The minimum Gasteiger partial charge on any atom is -0.493 e. The van der Waals surface area contributed by atoms with E-state index < -0.39 is 0 Å². The number of amides is 1. The molecule has 0 bridgehead atoms. The molecule has 3 aromatic rings. The van der Waals surface area contributed by atoms with Crippen molar-refractivity contribution in [2.24, 2.45) is 0 Å². The van der Waals surface area contributed by atoms with E-state index in [0.29, 0.717) is 23.1 Å². The predicted molar refractivity (Wildman–Crippen MR) is 103 cm³/mol. The van der Waals surface area contributed by atoms with Crippen molar-refractivity contribution in [1.29, 1.82) is 0 Å². The molecule has 0 spiro atoms. The highest BCUT2D eigenvalue weighted by molar-refractivity contribution is 7.15. The maximum Gasteiger partial charge on any atom is 0.264 e. The number of hydrogen-bond acceptors (Lipinski definition) is 5. The van der Waals surface area contributed by atoms with E-state index in [1.807, 2.05) is 19.1 Å². The van der Waals surface area contributed by atoms with Crippen LogP contribution in [0.1, 0.15) is 16.0 Å². The summed E-state index contributed by atoms with van der Waals surface area (Å²) in [6, 6.07) is 11.8. The molecule has 0 radical (unpaired) electrons. The number of benzene rings is 2. The van der Waals surface area contributed by atoms with Gasteiger partial charge in [0.15, 0.2) is 23.2 Å². The summed E-state index contributed by atoms with van der Waals surface area (Å²) in [4.78, 5) is 17.3. The second-order valence-electron chi connectivity index (χ2n) is 5.93. The van der Waals surface area contributed by atoms with Crippen LogP contribution >= 0.6 is 11.3 Å². The predicted octanol–water partition coefficient (Wildman–Crippen LogP) is 4.21. The maximum atomic E-state index is 13.0. The Labute approximate surface area is 160 Å². The Kier molecular flexibility index (Phi) is 6.03. The Morgan fingerprint density at radius 1 is 1.19 bits per heavy atom. The zero-order valence-corrected chi connectivity index (χ0v) is 15.8. The number of nitrogens with zero attached hydrogens (tertiary/aromatic N) is 1. The molecule has 27 heavy (non-hydrogen) atoms. The molecule has 0 saturated heterocycles. The fourth-order valence-electron chi connectivity index (χ4n) is 2.44. The van der Waals surface area contributed by atoms with Crippen LogP contribution in [0.15, 0.2) is 48.7 Å². The highest BCUT2D eigenvalue weighted by Crippen LogP contribution is 2.28. The third kappa shape index (κ3) is 5.27. The van der Waals surface area contributed by atoms with Crippen LogP contribution < -0.4 is 14.8 Å². The molecule has 140 valence electrons. The molecule has 0 aliphatic heterocycles. The van der Waals surface area contributed by atoms with Gasteiger partial charge in [-0.3, -0.25) is 10.1 Å². The zero-order valence-electron chi connectivity index (χ0n) is 15.0. The molecule has 1 heterocycles. The lowest BCUT2D eigenvalue weighted by Crippen LogP contribution is -2.20. The molecule has 0 aliphatic rings. The lowest BCUT2D eigenvalue weighted by atomic mass is 10.1. The molecular weight excluding hydrogens is 367 g/mol. The summed E-state index contributed by atoms with van der Waals surface area (Å²) in [5.41, 5.74) is 2.02. The van der Waals surface area contributed by atoms with Gasteiger partial charge in [-0.15, -0.1) is 11.3 Å². The van der Waals surface area contributed by atoms with E-state index in [-0.39, 0.29) is 18.3 Å². The first-order valence-corrected chi connectivity index (χ1v) is 9.11. The molecule has 1 N–H and O–H groups in total. The third-order valence-electron chi connectivity index (χ3n) is 3.77. The van der Waals surface area contributed by atoms with E-state index in [0.717, 1.165) is 16.0 Å². The van der Waals surface area contributed by atoms with Crippen LogP contribution in [0.5, 0.6) is 11.5 Å². The first kappa shape index (κ1) is 18.8. The molecule has 0 atom stereocenters. The number of rotatable bonds is 7. The van der Waals surface area contributed by atoms with Gasteiger partial charge in [-0.2, -0.15) is 0 Å². The Balaban J connectivity index is 1.54. The van der Waals surface area contributed by atoms with Gasteiger partial charge in [0.05, 0.1) is 7.11 Å². The molecule has 1 amide bonds. The van der Waals surface area contributed by atoms with Gasteiger partial charge in [-0.05, 0) is 42.3 Å². The van der Waals surface area contributed by atoms with Gasteiger partial charge >= 0.3 is 0 Å². The van der Waals surface area contributed by atoms with Crippen molar-refractivity contribution in [3.8, 4) is 11.5 Å². The third-order valence-corrected chi connectivity index (χ3v) is 4.68. The Morgan fingerprint density at radius 3 is 2.70 bits per heavy atom. The molecule has 5 nitrogen and oxygen atoms in total. The van der Waals surface area contributed by atoms with Crippen molar-refractivity contribution in [3.63, 3.8) is 0 Å². The van der Waals surface area contributed by atoms with Gasteiger partial charge in [0, 0.05) is 17.5 Å². The van der Waals surface area contributed by atoms with E-state index in [1.54, 1.807) is 31.5 Å². The van der Waals surface area contributed by atoms with Crippen molar-refractivity contribution >= 4 is 22.4 Å². The van der Waals surface area contributed by atoms with E-state index >= 15 is 0 Å². The number of halogens is 1. The van der Waals surface area contributed by atoms with Crippen LogP contribution in [0.3, 0.4) is 0 Å². The number of methoxy groups -OCH3 is 1. The average Bonchev–Trinajstić information content (AvgIpc) is 3.09. The first-order valence-electron chi connectivity index (χ1n) is 8.30. The number of carbonyl (C=O) groups excluding carboxylic acids is 1. The second kappa shape index (κ2) is 8.64. The summed E-state index contributed by atoms with van der Waals surface area (Å²) >= 11 is 1.37. The fraction of sp³-hybridized carbons (Fsp3) is 0.200. The van der Waals surface area contributed by atoms with Gasteiger partial charge in [0.1, 0.15) is 5.82 Å². The first-order chi connectivity index (χ1) is 13.0. The quantitative estimate of drug-likeness (QED) is 0.661. The van der Waals surface area contributed by atoms with Crippen molar-refractivity contribution in [2.45, 2.75) is 13.3 Å². The van der Waals surface area contributed by atoms with Crippen LogP contribution in [0.2, 0.25) is 0 Å². The van der Waals surface area contributed by atoms with Crippen LogP contribution in [0.25, 0.3) is 0 Å². The number of aromatic nitrogens is 1. The van der Waals surface area contributed by atoms with E-state index in [1.165, 1.54) is 23.5 Å². The number of anilines is 1. The molecule has 3 rings (SSSR count).